The van der Waals surface area contributed by atoms with Gasteiger partial charge in [0.05, 0.1) is 11.0 Å². The Kier molecular flexibility index (Phi) is 3.19. The lowest BCUT2D eigenvalue weighted by molar-refractivity contribution is 0.388. The molecule has 4 nitrogen and oxygen atoms in total. The molecule has 3 rings (SSSR count). The van der Waals surface area contributed by atoms with Crippen molar-refractivity contribution in [2.45, 2.75) is 45.2 Å². The van der Waals surface area contributed by atoms with Crippen molar-refractivity contribution in [2.75, 3.05) is 0 Å². The van der Waals surface area contributed by atoms with E-state index >= 15 is 0 Å². The molecule has 0 aliphatic heterocycles. The molecule has 3 unspecified atom stereocenters. The maximum absolute atomic E-state index is 11.3. The summed E-state index contributed by atoms with van der Waals surface area (Å²) in [6.07, 6.45) is 3.93. The fourth-order valence-electron chi connectivity index (χ4n) is 3.13. The summed E-state index contributed by atoms with van der Waals surface area (Å²) in [5.74, 6) is 0.762. The molecule has 1 fully saturated rings. The highest BCUT2D eigenvalue weighted by atomic mass is 16.1. The number of fused-ring (bicyclic) bond motifs is 1. The van der Waals surface area contributed by atoms with E-state index in [0.29, 0.717) is 12.1 Å². The molecule has 0 radical (unpaired) electrons. The maximum Gasteiger partial charge on any atom is 0.323 e. The zero-order valence-corrected chi connectivity index (χ0v) is 11.5. The molecule has 19 heavy (non-hydrogen) atoms. The molecule has 0 spiro atoms. The predicted octanol–water partition coefficient (Wildman–Crippen LogP) is 2.70. The van der Waals surface area contributed by atoms with Crippen molar-refractivity contribution in [3.8, 4) is 0 Å². The van der Waals surface area contributed by atoms with E-state index in [1.165, 1.54) is 24.8 Å². The fourth-order valence-corrected chi connectivity index (χ4v) is 3.13. The first-order chi connectivity index (χ1) is 9.13. The monoisotopic (exact) mass is 259 g/mol. The molecule has 1 heterocycles. The van der Waals surface area contributed by atoms with Crippen LogP contribution in [0, 0.1) is 5.92 Å². The van der Waals surface area contributed by atoms with E-state index in [4.69, 9.17) is 0 Å². The first-order valence-electron chi connectivity index (χ1n) is 7.11. The van der Waals surface area contributed by atoms with Crippen LogP contribution in [-0.2, 0) is 0 Å². The number of hydrogen-bond acceptors (Lipinski definition) is 2. The number of hydrogen-bond donors (Lipinski definition) is 3. The van der Waals surface area contributed by atoms with E-state index in [2.05, 4.69) is 41.3 Å². The molecule has 0 amide bonds. The van der Waals surface area contributed by atoms with E-state index in [1.807, 2.05) is 6.07 Å². The van der Waals surface area contributed by atoms with Crippen LogP contribution in [-0.4, -0.2) is 16.0 Å². The summed E-state index contributed by atoms with van der Waals surface area (Å²) < 4.78 is 0. The van der Waals surface area contributed by atoms with Gasteiger partial charge in [-0.15, -0.1) is 0 Å². The van der Waals surface area contributed by atoms with E-state index in [-0.39, 0.29) is 5.69 Å². The number of nitrogens with one attached hydrogen (secondary N) is 3. The summed E-state index contributed by atoms with van der Waals surface area (Å²) in [4.78, 5) is 16.9. The summed E-state index contributed by atoms with van der Waals surface area (Å²) in [5.41, 5.74) is 2.84. The Morgan fingerprint density at radius 3 is 2.79 bits per heavy atom. The lowest BCUT2D eigenvalue weighted by atomic mass is 10.0. The molecule has 3 atom stereocenters. The normalized spacial score (nSPS) is 24.9. The minimum absolute atomic E-state index is 0.142. The topological polar surface area (TPSA) is 60.7 Å². The van der Waals surface area contributed by atoms with Crippen molar-refractivity contribution in [3.05, 3.63) is 34.2 Å². The Bertz CT molecular complexity index is 628. The molecule has 1 aromatic carbocycles. The highest BCUT2D eigenvalue weighted by Crippen LogP contribution is 2.27. The highest BCUT2D eigenvalue weighted by molar-refractivity contribution is 5.75. The van der Waals surface area contributed by atoms with Crippen molar-refractivity contribution in [2.24, 2.45) is 5.92 Å². The predicted molar refractivity (Wildman–Crippen MR) is 77.3 cm³/mol. The molecule has 0 saturated heterocycles. The van der Waals surface area contributed by atoms with Crippen molar-refractivity contribution in [1.29, 1.82) is 0 Å². The minimum Gasteiger partial charge on any atom is -0.307 e. The van der Waals surface area contributed by atoms with Crippen molar-refractivity contribution in [1.82, 2.24) is 15.3 Å². The van der Waals surface area contributed by atoms with E-state index in [1.54, 1.807) is 0 Å². The van der Waals surface area contributed by atoms with Gasteiger partial charge in [-0.3, -0.25) is 0 Å². The van der Waals surface area contributed by atoms with Crippen LogP contribution in [0.4, 0.5) is 0 Å². The fraction of sp³-hybridized carbons (Fsp3) is 0.533. The third kappa shape index (κ3) is 2.45. The summed E-state index contributed by atoms with van der Waals surface area (Å²) in [5, 5.41) is 3.71. The Morgan fingerprint density at radius 2 is 2.05 bits per heavy atom. The smallest absolute Gasteiger partial charge is 0.307 e. The number of aromatic nitrogens is 2. The average Bonchev–Trinajstić information content (AvgIpc) is 2.93. The Hall–Kier alpha value is -1.55. The summed E-state index contributed by atoms with van der Waals surface area (Å²) >= 11 is 0. The van der Waals surface area contributed by atoms with Gasteiger partial charge in [0.2, 0.25) is 0 Å². The van der Waals surface area contributed by atoms with Crippen LogP contribution in [0.1, 0.15) is 44.7 Å². The summed E-state index contributed by atoms with van der Waals surface area (Å²) in [6, 6.07) is 7.05. The number of benzene rings is 1. The molecule has 0 bridgehead atoms. The Morgan fingerprint density at radius 1 is 1.26 bits per heavy atom. The lowest BCUT2D eigenvalue weighted by Crippen LogP contribution is -2.33. The zero-order chi connectivity index (χ0) is 13.4. The summed E-state index contributed by atoms with van der Waals surface area (Å²) in [7, 11) is 0. The number of H-pyrrole nitrogens is 2. The van der Waals surface area contributed by atoms with Crippen LogP contribution in [0.25, 0.3) is 11.0 Å². The average molecular weight is 259 g/mol. The van der Waals surface area contributed by atoms with Gasteiger partial charge < -0.3 is 15.3 Å². The van der Waals surface area contributed by atoms with Crippen LogP contribution in [0.15, 0.2) is 23.0 Å². The first-order valence-corrected chi connectivity index (χ1v) is 7.11. The second-order valence-corrected chi connectivity index (χ2v) is 5.79. The van der Waals surface area contributed by atoms with Crippen LogP contribution < -0.4 is 11.0 Å². The second-order valence-electron chi connectivity index (χ2n) is 5.79. The minimum atomic E-state index is -0.142. The van der Waals surface area contributed by atoms with Gasteiger partial charge in [0.25, 0.3) is 0 Å². The van der Waals surface area contributed by atoms with Gasteiger partial charge in [0, 0.05) is 12.1 Å². The SMILES string of the molecule is CC(NC1CCCC1C)c1ccc2[nH]c(=O)[nH]c2c1. The molecule has 4 heteroatoms. The third-order valence-corrected chi connectivity index (χ3v) is 4.37. The molecule has 1 saturated carbocycles. The molecule has 3 N–H and O–H groups in total. The molecule has 1 aliphatic rings. The summed E-state index contributed by atoms with van der Waals surface area (Å²) in [6.45, 7) is 4.52. The molecule has 2 aromatic rings. The number of imidazole rings is 1. The second kappa shape index (κ2) is 4.85. The largest absolute Gasteiger partial charge is 0.323 e. The Balaban J connectivity index is 1.80. The highest BCUT2D eigenvalue weighted by Gasteiger charge is 2.24. The van der Waals surface area contributed by atoms with Gasteiger partial charge in [-0.05, 0) is 43.4 Å². The van der Waals surface area contributed by atoms with Gasteiger partial charge in [0.1, 0.15) is 0 Å². The van der Waals surface area contributed by atoms with Gasteiger partial charge in [-0.2, -0.15) is 0 Å². The van der Waals surface area contributed by atoms with Crippen LogP contribution in [0.2, 0.25) is 0 Å². The van der Waals surface area contributed by atoms with Crippen LogP contribution in [0.5, 0.6) is 0 Å². The van der Waals surface area contributed by atoms with E-state index < -0.39 is 0 Å². The van der Waals surface area contributed by atoms with Gasteiger partial charge >= 0.3 is 5.69 Å². The Labute approximate surface area is 112 Å². The molecular weight excluding hydrogens is 238 g/mol. The van der Waals surface area contributed by atoms with E-state index in [9.17, 15) is 4.79 Å². The zero-order valence-electron chi connectivity index (χ0n) is 11.5. The van der Waals surface area contributed by atoms with Crippen LogP contribution >= 0.6 is 0 Å². The van der Waals surface area contributed by atoms with E-state index in [0.717, 1.165) is 17.0 Å². The number of aromatic amines is 2. The maximum atomic E-state index is 11.3. The quantitative estimate of drug-likeness (QED) is 0.793. The molecule has 102 valence electrons. The van der Waals surface area contributed by atoms with Crippen molar-refractivity contribution < 1.29 is 0 Å². The standard InChI is InChI=1S/C15H21N3O/c1-9-4-3-5-12(9)16-10(2)11-6-7-13-14(8-11)18-15(19)17-13/h6-10,12,16H,3-5H2,1-2H3,(H2,17,18,19). The van der Waals surface area contributed by atoms with Gasteiger partial charge in [-0.1, -0.05) is 19.4 Å². The molecular formula is C15H21N3O. The first kappa shape index (κ1) is 12.5. The van der Waals surface area contributed by atoms with Crippen molar-refractivity contribution >= 4 is 11.0 Å². The van der Waals surface area contributed by atoms with Gasteiger partial charge in [-0.25, -0.2) is 4.79 Å². The third-order valence-electron chi connectivity index (χ3n) is 4.37. The number of rotatable bonds is 3. The molecule has 1 aliphatic carbocycles. The van der Waals surface area contributed by atoms with Crippen LogP contribution in [0.3, 0.4) is 0 Å². The lowest BCUT2D eigenvalue weighted by Gasteiger charge is -2.23. The van der Waals surface area contributed by atoms with Gasteiger partial charge in [0.15, 0.2) is 0 Å². The van der Waals surface area contributed by atoms with Crippen molar-refractivity contribution in [3.63, 3.8) is 0 Å². The molecule has 1 aromatic heterocycles.